The number of nitrogens with zero attached hydrogens (tertiary/aromatic N) is 4. The number of carbonyl (C=O) groups is 6. The largest absolute Gasteiger partial charge is 0.363 e. The van der Waals surface area contributed by atoms with E-state index in [2.05, 4.69) is 31.6 Å². The smallest absolute Gasteiger partial charge is 0.248 e. The maximum atomic E-state index is 14.8. The van der Waals surface area contributed by atoms with Crippen LogP contribution in [0.4, 0.5) is 0 Å². The molecule has 2 aromatic rings. The lowest BCUT2D eigenvalue weighted by molar-refractivity contribution is -0.169. The van der Waals surface area contributed by atoms with Crippen LogP contribution >= 0.6 is 11.3 Å². The number of amidine groups is 1. The number of fused-ring (bicyclic) bond motifs is 1. The molecular weight excluding hydrogens is 787 g/mol. The molecule has 0 radical (unpaired) electrons. The van der Waals surface area contributed by atoms with Crippen molar-refractivity contribution in [2.75, 3.05) is 27.2 Å². The van der Waals surface area contributed by atoms with Gasteiger partial charge in [-0.25, -0.2) is 10.0 Å². The maximum Gasteiger partial charge on any atom is 0.248 e. The zero-order chi connectivity index (χ0) is 44.7. The molecule has 2 fully saturated rings. The summed E-state index contributed by atoms with van der Waals surface area (Å²) in [4.78, 5) is 100. The summed E-state index contributed by atoms with van der Waals surface area (Å²) >= 11 is 1.28. The van der Waals surface area contributed by atoms with Gasteiger partial charge in [0.25, 0.3) is 0 Å². The molecule has 3 heterocycles. The van der Waals surface area contributed by atoms with Crippen molar-refractivity contribution in [3.05, 3.63) is 52.5 Å². The fourth-order valence-electron chi connectivity index (χ4n) is 7.47. The number of nitrogens with one attached hydrogen (secondary N) is 5. The molecule has 4 rings (SSSR count). The topological polar surface area (TPSA) is 204 Å². The summed E-state index contributed by atoms with van der Waals surface area (Å²) in [6.07, 6.45) is 2.06. The third-order valence-electron chi connectivity index (χ3n) is 11.2. The van der Waals surface area contributed by atoms with Gasteiger partial charge in [0.15, 0.2) is 0 Å². The first-order chi connectivity index (χ1) is 28.0. The second-order valence-corrected chi connectivity index (χ2v) is 19.3. The van der Waals surface area contributed by atoms with E-state index in [-0.39, 0.29) is 42.5 Å². The SMILES string of the molecule is CON(C)C(=O)C[C@@H](NC(=O)C(NC(=O)C(/N=C1\NCC(=O)N2CC[C@@H](C)[C@H]2C(=O)N[C@@H](C(C)C)C(=O)NC1C(C)(C)C)C(C)(C)C)[C@@H](C)c1ccccc1)c1nccs1. The van der Waals surface area contributed by atoms with Crippen molar-refractivity contribution in [1.29, 1.82) is 0 Å². The van der Waals surface area contributed by atoms with Crippen LogP contribution in [0.3, 0.4) is 0 Å². The number of hydrogen-bond donors (Lipinski definition) is 5. The van der Waals surface area contributed by atoms with Gasteiger partial charge in [-0.15, -0.1) is 11.3 Å². The number of amides is 6. The van der Waals surface area contributed by atoms with E-state index in [1.807, 2.05) is 99.6 Å². The van der Waals surface area contributed by atoms with Gasteiger partial charge in [0.05, 0.1) is 32.2 Å². The van der Waals surface area contributed by atoms with Gasteiger partial charge < -0.3 is 31.5 Å². The Morgan fingerprint density at radius 3 is 2.23 bits per heavy atom. The molecule has 2 aliphatic rings. The van der Waals surface area contributed by atoms with E-state index >= 15 is 0 Å². The summed E-state index contributed by atoms with van der Waals surface area (Å²) < 4.78 is 0. The molecule has 0 aliphatic carbocycles. The first kappa shape index (κ1) is 47.8. The van der Waals surface area contributed by atoms with Crippen LogP contribution in [0.15, 0.2) is 46.9 Å². The molecule has 1 aromatic heterocycles. The molecule has 0 spiro atoms. The van der Waals surface area contributed by atoms with E-state index in [0.717, 1.165) is 10.6 Å². The lowest BCUT2D eigenvalue weighted by Crippen LogP contribution is -2.63. The summed E-state index contributed by atoms with van der Waals surface area (Å²) in [7, 11) is 2.85. The van der Waals surface area contributed by atoms with E-state index < -0.39 is 76.6 Å². The molecule has 2 saturated heterocycles. The molecule has 16 nitrogen and oxygen atoms in total. The first-order valence-electron chi connectivity index (χ1n) is 20.6. The van der Waals surface area contributed by atoms with Crippen LogP contribution in [0.1, 0.15) is 105 Å². The van der Waals surface area contributed by atoms with Crippen LogP contribution in [0, 0.1) is 22.7 Å². The predicted molar refractivity (Wildman–Crippen MR) is 230 cm³/mol. The first-order valence-corrected chi connectivity index (χ1v) is 21.5. The summed E-state index contributed by atoms with van der Waals surface area (Å²) in [5, 5.41) is 18.6. The number of benzene rings is 1. The highest BCUT2D eigenvalue weighted by molar-refractivity contribution is 7.09. The van der Waals surface area contributed by atoms with Crippen molar-refractivity contribution in [3.63, 3.8) is 0 Å². The van der Waals surface area contributed by atoms with Crippen molar-refractivity contribution in [1.82, 2.24) is 41.5 Å². The monoisotopic (exact) mass is 851 g/mol. The summed E-state index contributed by atoms with van der Waals surface area (Å²) in [5.41, 5.74) is -0.762. The van der Waals surface area contributed by atoms with Crippen molar-refractivity contribution >= 4 is 52.6 Å². The Balaban J connectivity index is 1.79. The number of hydroxylamine groups is 2. The van der Waals surface area contributed by atoms with Gasteiger partial charge >= 0.3 is 0 Å². The van der Waals surface area contributed by atoms with Gasteiger partial charge in [0.1, 0.15) is 35.0 Å². The molecule has 17 heteroatoms. The molecule has 8 atom stereocenters. The van der Waals surface area contributed by atoms with Gasteiger partial charge in [-0.05, 0) is 34.7 Å². The van der Waals surface area contributed by atoms with E-state index in [9.17, 15) is 28.8 Å². The van der Waals surface area contributed by atoms with Crippen LogP contribution < -0.4 is 26.6 Å². The Labute approximate surface area is 358 Å². The van der Waals surface area contributed by atoms with Crippen LogP contribution in [0.5, 0.6) is 0 Å². The molecule has 1 aromatic carbocycles. The standard InChI is InChI=1S/C43H65N9O7S/c1-24(2)31-37(55)50-34(42(5,6)7)36(45-23-30(54)52-20-18-25(3)33(52)39(57)47-31)49-35(43(8,9)10)40(58)48-32(26(4)27-16-14-13-15-17-27)38(56)46-28(41-44-19-21-60-41)22-29(53)51(11)59-12/h13-17,19,21,24-26,28,31-35H,18,20,22-23H2,1-12H3,(H,45,49)(H,46,56)(H,47,57)(H,48,58)(H,50,55)/t25-,26+,28-,31+,32?,33+,34?,35?/m1/s1. The van der Waals surface area contributed by atoms with E-state index in [1.54, 1.807) is 16.5 Å². The number of aliphatic imine (C=N–C) groups is 1. The zero-order valence-corrected chi connectivity index (χ0v) is 37.9. The second kappa shape index (κ2) is 20.1. The highest BCUT2D eigenvalue weighted by Crippen LogP contribution is 2.30. The highest BCUT2D eigenvalue weighted by atomic mass is 32.1. The molecular formula is C43H65N9O7S. The van der Waals surface area contributed by atoms with E-state index in [4.69, 9.17) is 9.83 Å². The van der Waals surface area contributed by atoms with Gasteiger partial charge in [-0.1, -0.05) is 99.6 Å². The second-order valence-electron chi connectivity index (χ2n) is 18.4. The van der Waals surface area contributed by atoms with Gasteiger partial charge in [-0.2, -0.15) is 0 Å². The highest BCUT2D eigenvalue weighted by Gasteiger charge is 2.44. The summed E-state index contributed by atoms with van der Waals surface area (Å²) in [6.45, 7) is 18.8. The Morgan fingerprint density at radius 1 is 1.00 bits per heavy atom. The lowest BCUT2D eigenvalue weighted by Gasteiger charge is -2.38. The fourth-order valence-corrected chi connectivity index (χ4v) is 8.16. The molecule has 6 amide bonds. The molecule has 330 valence electrons. The van der Waals surface area contributed by atoms with E-state index in [0.29, 0.717) is 18.0 Å². The quantitative estimate of drug-likeness (QED) is 0.199. The number of hydrogen-bond acceptors (Lipinski definition) is 10. The minimum Gasteiger partial charge on any atom is -0.363 e. The maximum absolute atomic E-state index is 14.8. The average Bonchev–Trinajstić information content (AvgIpc) is 3.86. The van der Waals surface area contributed by atoms with Gasteiger partial charge in [-0.3, -0.25) is 38.6 Å². The van der Waals surface area contributed by atoms with Crippen LogP contribution in [-0.2, 0) is 33.6 Å². The summed E-state index contributed by atoms with van der Waals surface area (Å²) in [6, 6.07) is 3.69. The number of rotatable bonds is 12. The minimum absolute atomic E-state index is 0.121. The number of aromatic nitrogens is 1. The van der Waals surface area contributed by atoms with Crippen molar-refractivity contribution < 1.29 is 33.6 Å². The van der Waals surface area contributed by atoms with E-state index in [1.165, 1.54) is 25.5 Å². The molecule has 2 aliphatic heterocycles. The summed E-state index contributed by atoms with van der Waals surface area (Å²) in [5.74, 6) is -3.36. The number of carbonyl (C=O) groups excluding carboxylic acids is 6. The third-order valence-corrected chi connectivity index (χ3v) is 12.1. The zero-order valence-electron chi connectivity index (χ0n) is 37.1. The normalized spacial score (nSPS) is 23.2. The molecule has 60 heavy (non-hydrogen) atoms. The van der Waals surface area contributed by atoms with Crippen LogP contribution in [0.25, 0.3) is 0 Å². The van der Waals surface area contributed by atoms with Crippen molar-refractivity contribution in [2.45, 2.75) is 124 Å². The molecule has 5 N–H and O–H groups in total. The minimum atomic E-state index is -1.14. The predicted octanol–water partition coefficient (Wildman–Crippen LogP) is 3.32. The Kier molecular flexibility index (Phi) is 16.0. The van der Waals surface area contributed by atoms with Gasteiger partial charge in [0, 0.05) is 31.1 Å². The van der Waals surface area contributed by atoms with Crippen molar-refractivity contribution in [2.24, 2.45) is 27.7 Å². The molecule has 0 saturated carbocycles. The fraction of sp³-hybridized carbons (Fsp3) is 0.628. The Bertz CT molecular complexity index is 1860. The lowest BCUT2D eigenvalue weighted by atomic mass is 9.83. The van der Waals surface area contributed by atoms with Crippen LogP contribution in [-0.4, -0.2) is 114 Å². The molecule has 3 unspecified atom stereocenters. The Morgan fingerprint density at radius 2 is 1.67 bits per heavy atom. The third kappa shape index (κ3) is 11.9. The molecule has 0 bridgehead atoms. The average molecular weight is 852 g/mol. The number of thiazole rings is 1. The Hall–Kier alpha value is -4.90. The van der Waals surface area contributed by atoms with Gasteiger partial charge in [0.2, 0.25) is 35.4 Å². The van der Waals surface area contributed by atoms with Crippen molar-refractivity contribution in [3.8, 4) is 0 Å². The van der Waals surface area contributed by atoms with Crippen LogP contribution in [0.2, 0.25) is 0 Å².